The number of aromatic nitrogens is 5. The summed E-state index contributed by atoms with van der Waals surface area (Å²) in [5, 5.41) is 0. The summed E-state index contributed by atoms with van der Waals surface area (Å²) in [5.74, 6) is 0.850. The molecule has 4 aromatic rings. The Morgan fingerprint density at radius 2 is 2.04 bits per heavy atom. The second-order valence-electron chi connectivity index (χ2n) is 6.24. The highest BCUT2D eigenvalue weighted by Gasteiger charge is 2.16. The van der Waals surface area contributed by atoms with Gasteiger partial charge in [-0.1, -0.05) is 0 Å². The summed E-state index contributed by atoms with van der Waals surface area (Å²) in [4.78, 5) is 24.7. The van der Waals surface area contributed by atoms with E-state index in [4.69, 9.17) is 4.98 Å². The van der Waals surface area contributed by atoms with Crippen molar-refractivity contribution in [3.05, 3.63) is 66.1 Å². The van der Waals surface area contributed by atoms with Crippen LogP contribution in [-0.2, 0) is 13.1 Å². The fourth-order valence-electron chi connectivity index (χ4n) is 3.23. The number of aryl methyl sites for hydroxylation is 1. The summed E-state index contributed by atoms with van der Waals surface area (Å²) in [6.45, 7) is 4.73. The van der Waals surface area contributed by atoms with Gasteiger partial charge in [-0.3, -0.25) is 4.79 Å². The maximum absolute atomic E-state index is 14.1. The first-order valence-corrected chi connectivity index (χ1v) is 8.70. The number of halogens is 1. The quantitative estimate of drug-likeness (QED) is 0.507. The van der Waals surface area contributed by atoms with Gasteiger partial charge in [-0.2, -0.15) is 0 Å². The molecular weight excluding hydrogens is 345 g/mol. The lowest BCUT2D eigenvalue weighted by atomic mass is 10.1. The molecule has 3 heterocycles. The minimum Gasteiger partial charge on any atom is -0.327 e. The van der Waals surface area contributed by atoms with E-state index in [-0.39, 0.29) is 11.5 Å². The molecule has 0 saturated heterocycles. The average molecular weight is 363 g/mol. The molecule has 0 N–H and O–H groups in total. The van der Waals surface area contributed by atoms with Gasteiger partial charge in [0.05, 0.1) is 17.6 Å². The van der Waals surface area contributed by atoms with Gasteiger partial charge in [-0.15, -0.1) is 0 Å². The topological polar surface area (TPSA) is 65.6 Å². The third kappa shape index (κ3) is 3.01. The van der Waals surface area contributed by atoms with Crippen molar-refractivity contribution in [3.8, 4) is 11.5 Å². The molecule has 0 unspecified atom stereocenters. The minimum absolute atomic E-state index is 0.00650. The van der Waals surface area contributed by atoms with Crippen LogP contribution in [0, 0.1) is 5.82 Å². The van der Waals surface area contributed by atoms with Crippen LogP contribution in [0.4, 0.5) is 4.39 Å². The second-order valence-corrected chi connectivity index (χ2v) is 6.24. The molecule has 0 spiro atoms. The second kappa shape index (κ2) is 6.75. The van der Waals surface area contributed by atoms with E-state index in [0.717, 1.165) is 23.4 Å². The van der Waals surface area contributed by atoms with Crippen LogP contribution < -0.4 is 0 Å². The van der Waals surface area contributed by atoms with Crippen molar-refractivity contribution >= 4 is 16.8 Å². The number of nitrogens with zero attached hydrogens (tertiary/aromatic N) is 5. The zero-order chi connectivity index (χ0) is 19.0. The molecular formula is C20H18FN5O. The van der Waals surface area contributed by atoms with Crippen LogP contribution in [0.5, 0.6) is 0 Å². The van der Waals surface area contributed by atoms with E-state index in [0.29, 0.717) is 17.9 Å². The molecule has 1 aromatic carbocycles. The molecule has 6 nitrogen and oxygen atoms in total. The van der Waals surface area contributed by atoms with Crippen molar-refractivity contribution in [2.75, 3.05) is 0 Å². The Morgan fingerprint density at radius 3 is 2.78 bits per heavy atom. The molecule has 27 heavy (non-hydrogen) atoms. The van der Waals surface area contributed by atoms with Crippen molar-refractivity contribution in [1.82, 2.24) is 24.1 Å². The predicted octanol–water partition coefficient (Wildman–Crippen LogP) is 3.70. The number of pyridine rings is 1. The number of hydrogen-bond acceptors (Lipinski definition) is 4. The normalized spacial score (nSPS) is 11.2. The Labute approximate surface area is 155 Å². The molecule has 0 amide bonds. The van der Waals surface area contributed by atoms with E-state index in [1.54, 1.807) is 30.7 Å². The van der Waals surface area contributed by atoms with E-state index in [1.165, 1.54) is 13.0 Å². The molecule has 0 radical (unpaired) electrons. The lowest BCUT2D eigenvalue weighted by Gasteiger charge is -2.10. The monoisotopic (exact) mass is 363 g/mol. The van der Waals surface area contributed by atoms with Gasteiger partial charge in [0.25, 0.3) is 0 Å². The van der Waals surface area contributed by atoms with Gasteiger partial charge in [0, 0.05) is 30.7 Å². The van der Waals surface area contributed by atoms with Gasteiger partial charge >= 0.3 is 0 Å². The maximum Gasteiger partial charge on any atom is 0.162 e. The fraction of sp³-hybridized carbons (Fsp3) is 0.200. The average Bonchev–Trinajstić information content (AvgIpc) is 3.25. The molecule has 0 fully saturated rings. The smallest absolute Gasteiger partial charge is 0.162 e. The van der Waals surface area contributed by atoms with Crippen LogP contribution in [0.15, 0.2) is 48.9 Å². The lowest BCUT2D eigenvalue weighted by molar-refractivity contribution is 0.101. The molecule has 3 aromatic heterocycles. The first kappa shape index (κ1) is 17.1. The zero-order valence-corrected chi connectivity index (χ0v) is 15.1. The highest BCUT2D eigenvalue weighted by atomic mass is 19.1. The number of carbonyl (C=O) groups excluding carboxylic acids is 1. The van der Waals surface area contributed by atoms with Crippen LogP contribution >= 0.6 is 0 Å². The van der Waals surface area contributed by atoms with Gasteiger partial charge < -0.3 is 9.13 Å². The molecule has 0 bridgehead atoms. The van der Waals surface area contributed by atoms with E-state index in [9.17, 15) is 9.18 Å². The van der Waals surface area contributed by atoms with Gasteiger partial charge in [0.15, 0.2) is 17.4 Å². The molecule has 0 aliphatic carbocycles. The molecule has 136 valence electrons. The summed E-state index contributed by atoms with van der Waals surface area (Å²) in [6, 6.07) is 8.45. The fourth-order valence-corrected chi connectivity index (χ4v) is 3.23. The van der Waals surface area contributed by atoms with Crippen molar-refractivity contribution in [1.29, 1.82) is 0 Å². The number of Topliss-reactive ketones (excluding diaryl/α,β-unsaturated/α-hetero) is 1. The largest absolute Gasteiger partial charge is 0.327 e. The van der Waals surface area contributed by atoms with Crippen molar-refractivity contribution in [2.45, 2.75) is 26.9 Å². The van der Waals surface area contributed by atoms with Crippen molar-refractivity contribution in [3.63, 3.8) is 0 Å². The maximum atomic E-state index is 14.1. The van der Waals surface area contributed by atoms with Crippen LogP contribution in [0.1, 0.15) is 30.0 Å². The summed E-state index contributed by atoms with van der Waals surface area (Å²) >= 11 is 0. The van der Waals surface area contributed by atoms with E-state index < -0.39 is 5.82 Å². The molecule has 0 aliphatic heterocycles. The summed E-state index contributed by atoms with van der Waals surface area (Å²) in [5.41, 5.74) is 2.57. The lowest BCUT2D eigenvalue weighted by Crippen LogP contribution is -2.09. The molecule has 0 aliphatic rings. The van der Waals surface area contributed by atoms with Crippen LogP contribution in [0.3, 0.4) is 0 Å². The predicted molar refractivity (Wildman–Crippen MR) is 99.9 cm³/mol. The molecule has 0 saturated carbocycles. The zero-order valence-electron chi connectivity index (χ0n) is 15.1. The highest BCUT2D eigenvalue weighted by molar-refractivity contribution is 5.97. The Balaban J connectivity index is 1.78. The Hall–Kier alpha value is -3.35. The van der Waals surface area contributed by atoms with Gasteiger partial charge in [-0.05, 0) is 44.2 Å². The number of hydrogen-bond donors (Lipinski definition) is 0. The third-order valence-electron chi connectivity index (χ3n) is 4.55. The Morgan fingerprint density at radius 1 is 1.19 bits per heavy atom. The number of ketones is 1. The van der Waals surface area contributed by atoms with E-state index in [1.807, 2.05) is 23.6 Å². The van der Waals surface area contributed by atoms with Crippen LogP contribution in [0.25, 0.3) is 22.6 Å². The van der Waals surface area contributed by atoms with Gasteiger partial charge in [0.1, 0.15) is 11.5 Å². The first-order valence-electron chi connectivity index (χ1n) is 8.70. The standard InChI is InChI=1S/C20H18FN5O/c1-3-26-17-7-6-14(13(2)27)11-16(17)24-18(26)12-25-10-9-23-20(25)19-15(21)5-4-8-22-19/h4-11H,3,12H2,1-2H3. The number of fused-ring (bicyclic) bond motifs is 1. The van der Waals surface area contributed by atoms with E-state index in [2.05, 4.69) is 14.5 Å². The first-order chi connectivity index (χ1) is 13.1. The van der Waals surface area contributed by atoms with Gasteiger partial charge in [0.2, 0.25) is 0 Å². The van der Waals surface area contributed by atoms with Crippen molar-refractivity contribution in [2.24, 2.45) is 0 Å². The van der Waals surface area contributed by atoms with Crippen LogP contribution in [-0.4, -0.2) is 29.9 Å². The highest BCUT2D eigenvalue weighted by Crippen LogP contribution is 2.22. The summed E-state index contributed by atoms with van der Waals surface area (Å²) < 4.78 is 18.0. The molecule has 0 atom stereocenters. The van der Waals surface area contributed by atoms with Crippen LogP contribution in [0.2, 0.25) is 0 Å². The minimum atomic E-state index is -0.417. The SMILES string of the molecule is CCn1c(Cn2ccnc2-c2ncccc2F)nc2cc(C(C)=O)ccc21. The Kier molecular flexibility index (Phi) is 4.27. The number of benzene rings is 1. The third-order valence-corrected chi connectivity index (χ3v) is 4.55. The van der Waals surface area contributed by atoms with Crippen molar-refractivity contribution < 1.29 is 9.18 Å². The number of carbonyl (C=O) groups is 1. The van der Waals surface area contributed by atoms with Gasteiger partial charge in [-0.25, -0.2) is 19.3 Å². The Bertz CT molecular complexity index is 1140. The number of rotatable bonds is 5. The van der Waals surface area contributed by atoms with E-state index >= 15 is 0 Å². The molecule has 7 heteroatoms. The summed E-state index contributed by atoms with van der Waals surface area (Å²) in [7, 11) is 0. The number of imidazole rings is 2. The molecule has 4 rings (SSSR count). The summed E-state index contributed by atoms with van der Waals surface area (Å²) in [6.07, 6.45) is 4.95.